The van der Waals surface area contributed by atoms with Gasteiger partial charge in [-0.05, 0) is 44.2 Å². The first kappa shape index (κ1) is 13.8. The summed E-state index contributed by atoms with van der Waals surface area (Å²) in [5, 5.41) is 6.50. The molecule has 1 aliphatic carbocycles. The van der Waals surface area contributed by atoms with E-state index in [2.05, 4.69) is 22.5 Å². The third-order valence-electron chi connectivity index (χ3n) is 4.62. The second-order valence-electron chi connectivity index (χ2n) is 5.86. The Morgan fingerprint density at radius 1 is 1.28 bits per heavy atom. The molecule has 2 rings (SSSR count). The molecular weight excluding hydrogens is 226 g/mol. The Bertz CT molecular complexity index is 263. The Hall–Kier alpha value is -0.610. The van der Waals surface area contributed by atoms with Crippen molar-refractivity contribution in [1.29, 1.82) is 0 Å². The van der Waals surface area contributed by atoms with Gasteiger partial charge in [0.2, 0.25) is 5.91 Å². The maximum atomic E-state index is 12.0. The molecule has 0 bridgehead atoms. The summed E-state index contributed by atoms with van der Waals surface area (Å²) >= 11 is 0. The average Bonchev–Trinajstić information content (AvgIpc) is 2.57. The van der Waals surface area contributed by atoms with Crippen molar-refractivity contribution in [3.05, 3.63) is 0 Å². The molecule has 0 aromatic heterocycles. The summed E-state index contributed by atoms with van der Waals surface area (Å²) < 4.78 is 0. The lowest BCUT2D eigenvalue weighted by molar-refractivity contribution is -0.123. The first-order chi connectivity index (χ1) is 8.74. The van der Waals surface area contributed by atoms with Gasteiger partial charge in [0.1, 0.15) is 0 Å². The van der Waals surface area contributed by atoms with Gasteiger partial charge < -0.3 is 10.6 Å². The first-order valence-electron chi connectivity index (χ1n) is 7.44. The molecule has 0 spiro atoms. The van der Waals surface area contributed by atoms with Gasteiger partial charge >= 0.3 is 0 Å². The monoisotopic (exact) mass is 253 g/mol. The fourth-order valence-corrected chi connectivity index (χ4v) is 2.94. The Kier molecular flexibility index (Phi) is 5.01. The van der Waals surface area contributed by atoms with E-state index in [0.717, 1.165) is 39.1 Å². The highest BCUT2D eigenvalue weighted by molar-refractivity contribution is 5.78. The molecule has 1 heterocycles. The van der Waals surface area contributed by atoms with Crippen LogP contribution >= 0.6 is 0 Å². The Labute approximate surface area is 110 Å². The summed E-state index contributed by atoms with van der Waals surface area (Å²) in [6, 6.07) is 0. The molecule has 104 valence electrons. The van der Waals surface area contributed by atoms with Gasteiger partial charge in [-0.25, -0.2) is 0 Å². The van der Waals surface area contributed by atoms with E-state index in [1.807, 2.05) is 0 Å². The third kappa shape index (κ3) is 3.69. The summed E-state index contributed by atoms with van der Waals surface area (Å²) in [6.07, 6.45) is 6.25. The zero-order valence-electron chi connectivity index (χ0n) is 11.6. The van der Waals surface area contributed by atoms with Crippen molar-refractivity contribution < 1.29 is 4.79 Å². The molecule has 1 aliphatic heterocycles. The van der Waals surface area contributed by atoms with E-state index in [0.29, 0.717) is 12.0 Å². The minimum atomic E-state index is 0.205. The Morgan fingerprint density at radius 3 is 2.78 bits per heavy atom. The van der Waals surface area contributed by atoms with Gasteiger partial charge in [-0.2, -0.15) is 0 Å². The van der Waals surface area contributed by atoms with Crippen molar-refractivity contribution in [2.45, 2.75) is 39.0 Å². The molecule has 1 amide bonds. The number of nitrogens with zero attached hydrogens (tertiary/aromatic N) is 1. The van der Waals surface area contributed by atoms with Crippen LogP contribution < -0.4 is 10.6 Å². The molecular formula is C14H27N3O. The van der Waals surface area contributed by atoms with Gasteiger partial charge in [0.15, 0.2) is 0 Å². The van der Waals surface area contributed by atoms with Gasteiger partial charge in [-0.1, -0.05) is 13.3 Å². The SMILES string of the molecule is CCC1(CNC(=O)CN2CCCNCC2)CCC1. The number of rotatable bonds is 5. The fraction of sp³-hybridized carbons (Fsp3) is 0.929. The highest BCUT2D eigenvalue weighted by atomic mass is 16.2. The number of amides is 1. The van der Waals surface area contributed by atoms with Gasteiger partial charge in [0.25, 0.3) is 0 Å². The van der Waals surface area contributed by atoms with E-state index in [-0.39, 0.29) is 5.91 Å². The van der Waals surface area contributed by atoms with Gasteiger partial charge in [0, 0.05) is 19.6 Å². The van der Waals surface area contributed by atoms with Crippen molar-refractivity contribution in [3.63, 3.8) is 0 Å². The van der Waals surface area contributed by atoms with Crippen LogP contribution in [0.4, 0.5) is 0 Å². The Morgan fingerprint density at radius 2 is 2.11 bits per heavy atom. The first-order valence-corrected chi connectivity index (χ1v) is 7.44. The number of carbonyl (C=O) groups excluding carboxylic acids is 1. The van der Waals surface area contributed by atoms with Gasteiger partial charge in [0.05, 0.1) is 6.54 Å². The van der Waals surface area contributed by atoms with Crippen LogP contribution in [0.2, 0.25) is 0 Å². The molecule has 0 aromatic rings. The second kappa shape index (κ2) is 6.53. The highest BCUT2D eigenvalue weighted by Crippen LogP contribution is 2.42. The van der Waals surface area contributed by atoms with Crippen LogP contribution in [-0.4, -0.2) is 50.1 Å². The molecule has 0 unspecified atom stereocenters. The van der Waals surface area contributed by atoms with Crippen molar-refractivity contribution >= 4 is 5.91 Å². The largest absolute Gasteiger partial charge is 0.354 e. The van der Waals surface area contributed by atoms with Gasteiger partial charge in [-0.3, -0.25) is 9.69 Å². The molecule has 18 heavy (non-hydrogen) atoms. The van der Waals surface area contributed by atoms with Crippen LogP contribution in [-0.2, 0) is 4.79 Å². The standard InChI is InChI=1S/C14H27N3O/c1-2-14(5-3-6-14)12-16-13(18)11-17-9-4-7-15-8-10-17/h15H,2-12H2,1H3,(H,16,18). The molecule has 2 aliphatic rings. The summed E-state index contributed by atoms with van der Waals surface area (Å²) in [7, 11) is 0. The van der Waals surface area contributed by atoms with Crippen LogP contribution in [0, 0.1) is 5.41 Å². The van der Waals surface area contributed by atoms with Crippen LogP contribution in [0.25, 0.3) is 0 Å². The van der Waals surface area contributed by atoms with Crippen molar-refractivity contribution in [2.24, 2.45) is 5.41 Å². The van der Waals surface area contributed by atoms with E-state index in [1.54, 1.807) is 0 Å². The van der Waals surface area contributed by atoms with Gasteiger partial charge in [-0.15, -0.1) is 0 Å². The number of hydrogen-bond acceptors (Lipinski definition) is 3. The van der Waals surface area contributed by atoms with E-state index in [1.165, 1.54) is 25.7 Å². The Balaban J connectivity index is 1.68. The maximum Gasteiger partial charge on any atom is 0.234 e. The zero-order valence-corrected chi connectivity index (χ0v) is 11.6. The molecule has 0 aromatic carbocycles. The quantitative estimate of drug-likeness (QED) is 0.767. The average molecular weight is 253 g/mol. The van der Waals surface area contributed by atoms with Crippen LogP contribution in [0.15, 0.2) is 0 Å². The van der Waals surface area contributed by atoms with Crippen LogP contribution in [0.5, 0.6) is 0 Å². The molecule has 0 atom stereocenters. The summed E-state index contributed by atoms with van der Waals surface area (Å²) in [5.41, 5.74) is 0.427. The predicted molar refractivity (Wildman–Crippen MR) is 73.5 cm³/mol. The van der Waals surface area contributed by atoms with Crippen LogP contribution in [0.1, 0.15) is 39.0 Å². The molecule has 4 nitrogen and oxygen atoms in total. The molecule has 2 N–H and O–H groups in total. The smallest absolute Gasteiger partial charge is 0.234 e. The van der Waals surface area contributed by atoms with E-state index in [9.17, 15) is 4.79 Å². The lowest BCUT2D eigenvalue weighted by atomic mass is 9.67. The molecule has 0 radical (unpaired) electrons. The summed E-state index contributed by atoms with van der Waals surface area (Å²) in [6.45, 7) is 7.82. The van der Waals surface area contributed by atoms with Crippen molar-refractivity contribution in [3.8, 4) is 0 Å². The highest BCUT2D eigenvalue weighted by Gasteiger charge is 2.35. The molecule has 4 heteroatoms. The minimum Gasteiger partial charge on any atom is -0.354 e. The topological polar surface area (TPSA) is 44.4 Å². The molecule has 2 fully saturated rings. The number of carbonyl (C=O) groups is 1. The number of hydrogen-bond donors (Lipinski definition) is 2. The van der Waals surface area contributed by atoms with Crippen molar-refractivity contribution in [2.75, 3.05) is 39.3 Å². The second-order valence-corrected chi connectivity index (χ2v) is 5.86. The van der Waals surface area contributed by atoms with Crippen LogP contribution in [0.3, 0.4) is 0 Å². The molecule has 1 saturated heterocycles. The lowest BCUT2D eigenvalue weighted by Crippen LogP contribution is -2.45. The van der Waals surface area contributed by atoms with E-state index >= 15 is 0 Å². The summed E-state index contributed by atoms with van der Waals surface area (Å²) in [5.74, 6) is 0.205. The predicted octanol–water partition coefficient (Wildman–Crippen LogP) is 0.978. The third-order valence-corrected chi connectivity index (χ3v) is 4.62. The summed E-state index contributed by atoms with van der Waals surface area (Å²) in [4.78, 5) is 14.2. The maximum absolute atomic E-state index is 12.0. The van der Waals surface area contributed by atoms with E-state index in [4.69, 9.17) is 0 Å². The fourth-order valence-electron chi connectivity index (χ4n) is 2.94. The normalized spacial score (nSPS) is 24.1. The minimum absolute atomic E-state index is 0.205. The lowest BCUT2D eigenvalue weighted by Gasteiger charge is -2.41. The number of nitrogens with one attached hydrogen (secondary N) is 2. The van der Waals surface area contributed by atoms with Crippen molar-refractivity contribution in [1.82, 2.24) is 15.5 Å². The zero-order chi connectivity index (χ0) is 12.8. The molecule has 1 saturated carbocycles. The van der Waals surface area contributed by atoms with E-state index < -0.39 is 0 Å².